The molecule has 3 aliphatic rings. The molecule has 3 nitrogen and oxygen atoms in total. The molecule has 1 heterocycles. The minimum Gasteiger partial charge on any atom is -0.348 e. The second-order valence-corrected chi connectivity index (χ2v) is 9.00. The van der Waals surface area contributed by atoms with Gasteiger partial charge in [-0.1, -0.05) is 17.7 Å². The molecule has 31 heavy (non-hydrogen) atoms. The number of allylic oxidation sites excluding steroid dienone is 4. The summed E-state index contributed by atoms with van der Waals surface area (Å²) >= 11 is 0. The Labute approximate surface area is 181 Å². The van der Waals surface area contributed by atoms with Crippen molar-refractivity contribution in [1.82, 2.24) is 10.3 Å². The number of halogens is 3. The number of nitrogens with one attached hydrogen (secondary N) is 1. The molecule has 1 saturated carbocycles. The number of amides is 1. The van der Waals surface area contributed by atoms with Crippen molar-refractivity contribution in [2.45, 2.75) is 71.0 Å². The molecular weight excluding hydrogens is 401 g/mol. The molecule has 1 amide bonds. The molecule has 0 aromatic carbocycles. The maximum atomic E-state index is 12.7. The first-order chi connectivity index (χ1) is 14.8. The topological polar surface area (TPSA) is 42.0 Å². The van der Waals surface area contributed by atoms with Gasteiger partial charge >= 0.3 is 6.18 Å². The molecule has 1 aromatic rings. The molecule has 2 atom stereocenters. The zero-order valence-electron chi connectivity index (χ0n) is 17.9. The zero-order chi connectivity index (χ0) is 22.0. The Morgan fingerprint density at radius 3 is 2.87 bits per heavy atom. The average molecular weight is 431 g/mol. The standard InChI is InChI=1S/C25H29F3N2O/c1-16-21(3-2-12-29-16)15-30-24(31)20-7-9-23-19(14-20)6-5-18-13-17(4-8-22(18)23)10-11-25(26,27)28/h2-3,7,12,14,17-18H,4-6,8-11,13,15H2,1H3,(H,30,31). The number of alkyl halides is 3. The van der Waals surface area contributed by atoms with Gasteiger partial charge in [-0.15, -0.1) is 0 Å². The van der Waals surface area contributed by atoms with E-state index < -0.39 is 12.6 Å². The van der Waals surface area contributed by atoms with Gasteiger partial charge in [0.1, 0.15) is 0 Å². The SMILES string of the molecule is Cc1ncccc1CNC(=O)C1=CCC2=C3CCC(CCC(F)(F)F)CC3CCC2=C1. The van der Waals surface area contributed by atoms with E-state index in [4.69, 9.17) is 0 Å². The van der Waals surface area contributed by atoms with Crippen LogP contribution >= 0.6 is 0 Å². The lowest BCUT2D eigenvalue weighted by atomic mass is 9.67. The number of carbonyl (C=O) groups is 1. The van der Waals surface area contributed by atoms with Crippen LogP contribution in [0.1, 0.15) is 62.6 Å². The van der Waals surface area contributed by atoms with E-state index in [0.29, 0.717) is 18.0 Å². The molecule has 1 fully saturated rings. The van der Waals surface area contributed by atoms with Gasteiger partial charge in [0.2, 0.25) is 0 Å². The third-order valence-corrected chi connectivity index (χ3v) is 6.98. The van der Waals surface area contributed by atoms with Gasteiger partial charge in [-0.3, -0.25) is 9.78 Å². The first-order valence-electron chi connectivity index (χ1n) is 11.2. The summed E-state index contributed by atoms with van der Waals surface area (Å²) in [5.74, 6) is 0.521. The molecule has 0 saturated heterocycles. The van der Waals surface area contributed by atoms with Gasteiger partial charge < -0.3 is 5.32 Å². The molecular formula is C25H29F3N2O. The summed E-state index contributed by atoms with van der Waals surface area (Å²) in [7, 11) is 0. The van der Waals surface area contributed by atoms with E-state index in [2.05, 4.69) is 10.3 Å². The molecule has 1 N–H and O–H groups in total. The number of aromatic nitrogens is 1. The molecule has 0 bridgehead atoms. The van der Waals surface area contributed by atoms with Crippen LogP contribution in [0.5, 0.6) is 0 Å². The van der Waals surface area contributed by atoms with Crippen molar-refractivity contribution in [3.05, 3.63) is 64.0 Å². The van der Waals surface area contributed by atoms with E-state index in [1.807, 2.05) is 31.2 Å². The fraction of sp³-hybridized carbons (Fsp3) is 0.520. The number of fused-ring (bicyclic) bond motifs is 2. The van der Waals surface area contributed by atoms with Gasteiger partial charge in [-0.05, 0) is 92.6 Å². The Morgan fingerprint density at radius 1 is 1.26 bits per heavy atom. The van der Waals surface area contributed by atoms with Gasteiger partial charge in [-0.2, -0.15) is 13.2 Å². The number of rotatable bonds is 5. The number of hydrogen-bond donors (Lipinski definition) is 1. The largest absolute Gasteiger partial charge is 0.389 e. The minimum absolute atomic E-state index is 0.0715. The van der Waals surface area contributed by atoms with E-state index in [9.17, 15) is 18.0 Å². The van der Waals surface area contributed by atoms with Crippen molar-refractivity contribution in [3.8, 4) is 0 Å². The van der Waals surface area contributed by atoms with Crippen molar-refractivity contribution >= 4 is 5.91 Å². The highest BCUT2D eigenvalue weighted by Crippen LogP contribution is 2.47. The molecule has 0 aliphatic heterocycles. The summed E-state index contributed by atoms with van der Waals surface area (Å²) in [4.78, 5) is 16.9. The van der Waals surface area contributed by atoms with Crippen LogP contribution in [0.15, 0.2) is 52.8 Å². The Morgan fingerprint density at radius 2 is 2.10 bits per heavy atom. The van der Waals surface area contributed by atoms with Crippen molar-refractivity contribution in [1.29, 1.82) is 0 Å². The van der Waals surface area contributed by atoms with E-state index >= 15 is 0 Å². The van der Waals surface area contributed by atoms with Gasteiger partial charge in [0.05, 0.1) is 0 Å². The molecule has 2 unspecified atom stereocenters. The van der Waals surface area contributed by atoms with E-state index in [-0.39, 0.29) is 18.2 Å². The Bertz CT molecular complexity index is 942. The van der Waals surface area contributed by atoms with Crippen LogP contribution in [0.25, 0.3) is 0 Å². The lowest BCUT2D eigenvalue weighted by Gasteiger charge is -2.38. The summed E-state index contributed by atoms with van der Waals surface area (Å²) in [6.45, 7) is 2.38. The van der Waals surface area contributed by atoms with Crippen molar-refractivity contribution in [3.63, 3.8) is 0 Å². The number of aryl methyl sites for hydroxylation is 1. The van der Waals surface area contributed by atoms with Crippen LogP contribution in [0.3, 0.4) is 0 Å². The molecule has 1 aromatic heterocycles. The number of carbonyl (C=O) groups excluding carboxylic acids is 1. The van der Waals surface area contributed by atoms with Crippen LogP contribution in [-0.2, 0) is 11.3 Å². The zero-order valence-corrected chi connectivity index (χ0v) is 17.9. The lowest BCUT2D eigenvalue weighted by Crippen LogP contribution is -2.27. The highest BCUT2D eigenvalue weighted by Gasteiger charge is 2.35. The highest BCUT2D eigenvalue weighted by atomic mass is 19.4. The van der Waals surface area contributed by atoms with E-state index in [0.717, 1.165) is 49.8 Å². The summed E-state index contributed by atoms with van der Waals surface area (Å²) in [6, 6.07) is 3.83. The van der Waals surface area contributed by atoms with E-state index in [1.165, 1.54) is 16.7 Å². The summed E-state index contributed by atoms with van der Waals surface area (Å²) in [5, 5.41) is 2.99. The molecule has 0 spiro atoms. The van der Waals surface area contributed by atoms with Crippen molar-refractivity contribution in [2.24, 2.45) is 11.8 Å². The first-order valence-corrected chi connectivity index (χ1v) is 11.2. The highest BCUT2D eigenvalue weighted by molar-refractivity contribution is 5.97. The fourth-order valence-electron chi connectivity index (χ4n) is 5.25. The average Bonchev–Trinajstić information content (AvgIpc) is 2.75. The summed E-state index contributed by atoms with van der Waals surface area (Å²) in [5.41, 5.74) is 6.64. The monoisotopic (exact) mass is 430 g/mol. The second-order valence-electron chi connectivity index (χ2n) is 9.00. The predicted octanol–water partition coefficient (Wildman–Crippen LogP) is 6.11. The van der Waals surface area contributed by atoms with Crippen LogP contribution in [0, 0.1) is 18.8 Å². The van der Waals surface area contributed by atoms with Gasteiger partial charge in [0.15, 0.2) is 0 Å². The Kier molecular flexibility index (Phi) is 6.35. The Hall–Kier alpha value is -2.37. The number of pyridine rings is 1. The van der Waals surface area contributed by atoms with Gasteiger partial charge in [-0.25, -0.2) is 0 Å². The van der Waals surface area contributed by atoms with Crippen LogP contribution in [-0.4, -0.2) is 17.1 Å². The third kappa shape index (κ3) is 5.28. The Balaban J connectivity index is 1.38. The van der Waals surface area contributed by atoms with E-state index in [1.54, 1.807) is 6.20 Å². The molecule has 4 rings (SSSR count). The fourth-order valence-corrected chi connectivity index (χ4v) is 5.25. The van der Waals surface area contributed by atoms with Crippen LogP contribution < -0.4 is 5.32 Å². The molecule has 0 radical (unpaired) electrons. The smallest absolute Gasteiger partial charge is 0.348 e. The van der Waals surface area contributed by atoms with Crippen molar-refractivity contribution in [2.75, 3.05) is 0 Å². The lowest BCUT2D eigenvalue weighted by molar-refractivity contribution is -0.138. The van der Waals surface area contributed by atoms with Gasteiger partial charge in [0, 0.05) is 30.4 Å². The van der Waals surface area contributed by atoms with Gasteiger partial charge in [0.25, 0.3) is 5.91 Å². The first kappa shape index (κ1) is 21.8. The third-order valence-electron chi connectivity index (χ3n) is 6.98. The van der Waals surface area contributed by atoms with Crippen LogP contribution in [0.2, 0.25) is 0 Å². The molecule has 166 valence electrons. The quantitative estimate of drug-likeness (QED) is 0.612. The number of nitrogens with zero attached hydrogens (tertiary/aromatic N) is 1. The second kappa shape index (κ2) is 9.01. The predicted molar refractivity (Wildman–Crippen MR) is 114 cm³/mol. The van der Waals surface area contributed by atoms with Crippen molar-refractivity contribution < 1.29 is 18.0 Å². The maximum absolute atomic E-state index is 12.7. The molecule has 6 heteroatoms. The summed E-state index contributed by atoms with van der Waals surface area (Å²) in [6.07, 6.45) is 6.55. The minimum atomic E-state index is -4.05. The maximum Gasteiger partial charge on any atom is 0.389 e. The normalized spacial score (nSPS) is 23.5. The van der Waals surface area contributed by atoms with Crippen LogP contribution in [0.4, 0.5) is 13.2 Å². The summed E-state index contributed by atoms with van der Waals surface area (Å²) < 4.78 is 37.7. The number of hydrogen-bond acceptors (Lipinski definition) is 2. The molecule has 3 aliphatic carbocycles.